The Kier molecular flexibility index (Phi) is 3.72. The molecule has 0 saturated carbocycles. The summed E-state index contributed by atoms with van der Waals surface area (Å²) < 4.78 is 0. The molecule has 0 fully saturated rings. The van der Waals surface area contributed by atoms with E-state index >= 15 is 0 Å². The zero-order valence-corrected chi connectivity index (χ0v) is 8.82. The van der Waals surface area contributed by atoms with E-state index < -0.39 is 0 Å². The molecule has 0 N–H and O–H groups in total. The second-order valence-electron chi connectivity index (χ2n) is 3.01. The molecule has 0 atom stereocenters. The van der Waals surface area contributed by atoms with E-state index in [2.05, 4.69) is 26.0 Å². The predicted molar refractivity (Wildman–Crippen MR) is 56.8 cm³/mol. The van der Waals surface area contributed by atoms with E-state index in [1.54, 1.807) is 11.3 Å². The zero-order valence-electron chi connectivity index (χ0n) is 8.00. The maximum absolute atomic E-state index is 8.63. The van der Waals surface area contributed by atoms with E-state index in [1.165, 1.54) is 10.5 Å². The summed E-state index contributed by atoms with van der Waals surface area (Å²) in [7, 11) is 0. The number of thiophene rings is 1. The Bertz CT molecular complexity index is 341. The van der Waals surface area contributed by atoms with Gasteiger partial charge in [0.15, 0.2) is 0 Å². The van der Waals surface area contributed by atoms with Crippen LogP contribution in [-0.4, -0.2) is 0 Å². The average molecular weight is 191 g/mol. The van der Waals surface area contributed by atoms with Crippen molar-refractivity contribution in [3.05, 3.63) is 33.5 Å². The molecule has 0 saturated heterocycles. The molecule has 0 aliphatic rings. The standard InChI is InChI=1S/C11H13NS/c1-3-4-9(2)7-10-5-6-11(8-12)13-10/h4-6H,3,7H2,1-2H3/b9-4-. The van der Waals surface area contributed by atoms with Gasteiger partial charge in [0.25, 0.3) is 0 Å². The van der Waals surface area contributed by atoms with Crippen molar-refractivity contribution in [1.29, 1.82) is 5.26 Å². The fourth-order valence-corrected chi connectivity index (χ4v) is 2.13. The minimum atomic E-state index is 0.805. The van der Waals surface area contributed by atoms with Crippen molar-refractivity contribution in [2.45, 2.75) is 26.7 Å². The third kappa shape index (κ3) is 3.04. The van der Waals surface area contributed by atoms with Gasteiger partial charge >= 0.3 is 0 Å². The van der Waals surface area contributed by atoms with Crippen molar-refractivity contribution in [2.24, 2.45) is 0 Å². The lowest BCUT2D eigenvalue weighted by molar-refractivity contribution is 1.11. The first-order chi connectivity index (χ1) is 6.26. The summed E-state index contributed by atoms with van der Waals surface area (Å²) in [5.41, 5.74) is 1.38. The Balaban J connectivity index is 2.65. The molecule has 0 bridgehead atoms. The van der Waals surface area contributed by atoms with Gasteiger partial charge in [-0.25, -0.2) is 0 Å². The summed E-state index contributed by atoms with van der Waals surface area (Å²) in [5.74, 6) is 0. The van der Waals surface area contributed by atoms with E-state index in [-0.39, 0.29) is 0 Å². The van der Waals surface area contributed by atoms with Crippen molar-refractivity contribution >= 4 is 11.3 Å². The molecule has 0 unspecified atom stereocenters. The fourth-order valence-electron chi connectivity index (χ4n) is 1.23. The summed E-state index contributed by atoms with van der Waals surface area (Å²) in [6.45, 7) is 4.27. The van der Waals surface area contributed by atoms with Gasteiger partial charge in [0, 0.05) is 11.3 Å². The topological polar surface area (TPSA) is 23.8 Å². The molecule has 0 aromatic carbocycles. The molecule has 0 spiro atoms. The van der Waals surface area contributed by atoms with Gasteiger partial charge in [-0.1, -0.05) is 18.6 Å². The fraction of sp³-hybridized carbons (Fsp3) is 0.364. The SMILES string of the molecule is CC/C=C(/C)Cc1ccc(C#N)s1. The van der Waals surface area contributed by atoms with E-state index in [1.807, 2.05) is 12.1 Å². The number of nitrogens with zero attached hydrogens (tertiary/aromatic N) is 1. The average Bonchev–Trinajstić information content (AvgIpc) is 2.52. The second kappa shape index (κ2) is 4.84. The maximum Gasteiger partial charge on any atom is 0.110 e. The van der Waals surface area contributed by atoms with Crippen LogP contribution in [0.4, 0.5) is 0 Å². The molecule has 1 aromatic rings. The number of allylic oxidation sites excluding steroid dienone is 2. The molecule has 2 heteroatoms. The van der Waals surface area contributed by atoms with Crippen LogP contribution in [0.15, 0.2) is 23.8 Å². The number of rotatable bonds is 3. The van der Waals surface area contributed by atoms with Crippen LogP contribution in [0.1, 0.15) is 30.0 Å². The summed E-state index contributed by atoms with van der Waals surface area (Å²) >= 11 is 1.59. The molecular weight excluding hydrogens is 178 g/mol. The molecule has 0 radical (unpaired) electrons. The summed E-state index contributed by atoms with van der Waals surface area (Å²) in [6.07, 6.45) is 4.30. The summed E-state index contributed by atoms with van der Waals surface area (Å²) in [5, 5.41) is 8.63. The molecule has 1 aromatic heterocycles. The van der Waals surface area contributed by atoms with Crippen LogP contribution in [0, 0.1) is 11.3 Å². The highest BCUT2D eigenvalue weighted by Gasteiger charge is 1.99. The van der Waals surface area contributed by atoms with Gasteiger partial charge in [-0.2, -0.15) is 5.26 Å². The van der Waals surface area contributed by atoms with Gasteiger partial charge in [-0.05, 0) is 25.5 Å². The smallest absolute Gasteiger partial charge is 0.110 e. The molecule has 1 rings (SSSR count). The third-order valence-corrected chi connectivity index (χ3v) is 2.77. The second-order valence-corrected chi connectivity index (χ2v) is 4.18. The molecule has 1 heterocycles. The lowest BCUT2D eigenvalue weighted by Crippen LogP contribution is -1.81. The van der Waals surface area contributed by atoms with Gasteiger partial charge in [-0.15, -0.1) is 11.3 Å². The van der Waals surface area contributed by atoms with Crippen LogP contribution < -0.4 is 0 Å². The highest BCUT2D eigenvalue weighted by Crippen LogP contribution is 2.18. The van der Waals surface area contributed by atoms with Gasteiger partial charge in [-0.3, -0.25) is 0 Å². The normalized spacial score (nSPS) is 11.3. The molecule has 0 amide bonds. The molecule has 0 aliphatic heterocycles. The Morgan fingerprint density at radius 2 is 2.38 bits per heavy atom. The van der Waals surface area contributed by atoms with E-state index in [0.29, 0.717) is 0 Å². The maximum atomic E-state index is 8.63. The Hall–Kier alpha value is -1.07. The number of hydrogen-bond acceptors (Lipinski definition) is 2. The predicted octanol–water partition coefficient (Wildman–Crippen LogP) is 3.52. The molecule has 0 aliphatic carbocycles. The van der Waals surface area contributed by atoms with Gasteiger partial charge in [0.1, 0.15) is 10.9 Å². The van der Waals surface area contributed by atoms with Crippen molar-refractivity contribution in [1.82, 2.24) is 0 Å². The van der Waals surface area contributed by atoms with E-state index in [0.717, 1.165) is 17.7 Å². The first-order valence-electron chi connectivity index (χ1n) is 4.40. The largest absolute Gasteiger partial charge is 0.192 e. The van der Waals surface area contributed by atoms with E-state index in [9.17, 15) is 0 Å². The highest BCUT2D eigenvalue weighted by molar-refractivity contribution is 7.12. The minimum Gasteiger partial charge on any atom is -0.192 e. The first-order valence-corrected chi connectivity index (χ1v) is 5.22. The summed E-state index contributed by atoms with van der Waals surface area (Å²) in [4.78, 5) is 2.08. The van der Waals surface area contributed by atoms with Gasteiger partial charge < -0.3 is 0 Å². The number of hydrogen-bond donors (Lipinski definition) is 0. The van der Waals surface area contributed by atoms with Gasteiger partial charge in [0.2, 0.25) is 0 Å². The van der Waals surface area contributed by atoms with Crippen LogP contribution in [0.3, 0.4) is 0 Å². The Labute approximate surface area is 83.3 Å². The lowest BCUT2D eigenvalue weighted by atomic mass is 10.1. The van der Waals surface area contributed by atoms with Crippen LogP contribution in [0.2, 0.25) is 0 Å². The number of nitriles is 1. The van der Waals surface area contributed by atoms with Crippen molar-refractivity contribution in [2.75, 3.05) is 0 Å². The van der Waals surface area contributed by atoms with Gasteiger partial charge in [0.05, 0.1) is 0 Å². The van der Waals surface area contributed by atoms with Crippen molar-refractivity contribution in [3.63, 3.8) is 0 Å². The zero-order chi connectivity index (χ0) is 9.68. The Morgan fingerprint density at radius 3 is 2.92 bits per heavy atom. The van der Waals surface area contributed by atoms with Crippen LogP contribution in [-0.2, 0) is 6.42 Å². The van der Waals surface area contributed by atoms with Crippen LogP contribution in [0.5, 0.6) is 0 Å². The van der Waals surface area contributed by atoms with Crippen LogP contribution >= 0.6 is 11.3 Å². The monoisotopic (exact) mass is 191 g/mol. The summed E-state index contributed by atoms with van der Waals surface area (Å²) in [6, 6.07) is 6.08. The quantitative estimate of drug-likeness (QED) is 0.671. The lowest BCUT2D eigenvalue weighted by Gasteiger charge is -1.96. The molecule has 1 nitrogen and oxygen atoms in total. The third-order valence-electron chi connectivity index (χ3n) is 1.78. The van der Waals surface area contributed by atoms with E-state index in [4.69, 9.17) is 5.26 Å². The van der Waals surface area contributed by atoms with Crippen molar-refractivity contribution in [3.8, 4) is 6.07 Å². The molecule has 13 heavy (non-hydrogen) atoms. The molecule has 68 valence electrons. The highest BCUT2D eigenvalue weighted by atomic mass is 32.1. The molecular formula is C11H13NS. The Morgan fingerprint density at radius 1 is 1.62 bits per heavy atom. The van der Waals surface area contributed by atoms with Crippen molar-refractivity contribution < 1.29 is 0 Å². The first kappa shape index (κ1) is 10.0. The van der Waals surface area contributed by atoms with Crippen LogP contribution in [0.25, 0.3) is 0 Å². The minimum absolute atomic E-state index is 0.805.